The van der Waals surface area contributed by atoms with Gasteiger partial charge in [0.25, 0.3) is 5.91 Å². The summed E-state index contributed by atoms with van der Waals surface area (Å²) in [5.74, 6) is 1.32. The van der Waals surface area contributed by atoms with Crippen molar-refractivity contribution in [2.75, 3.05) is 39.8 Å². The molecule has 1 saturated heterocycles. The molecule has 1 amide bonds. The monoisotopic (exact) mass is 414 g/mol. The maximum Gasteiger partial charge on any atom is 0.289 e. The molecule has 0 bridgehead atoms. The van der Waals surface area contributed by atoms with E-state index in [1.165, 1.54) is 37.0 Å². The number of furan rings is 1. The third kappa shape index (κ3) is 4.34. The molecule has 2 fully saturated rings. The molecule has 2 aliphatic rings. The third-order valence-electron chi connectivity index (χ3n) is 6.25. The summed E-state index contributed by atoms with van der Waals surface area (Å²) >= 11 is 1.88. The second-order valence-corrected chi connectivity index (χ2v) is 8.92. The van der Waals surface area contributed by atoms with Crippen LogP contribution in [-0.4, -0.2) is 61.4 Å². The lowest BCUT2D eigenvalue weighted by Gasteiger charge is -2.40. The Morgan fingerprint density at radius 1 is 1.14 bits per heavy atom. The predicted octanol–water partition coefficient (Wildman–Crippen LogP) is 3.58. The Morgan fingerprint density at radius 2 is 1.90 bits per heavy atom. The largest absolute Gasteiger partial charge is 0.459 e. The van der Waals surface area contributed by atoms with Crippen molar-refractivity contribution in [3.8, 4) is 0 Å². The fraction of sp³-hybridized carbons (Fsp3) is 0.545. The van der Waals surface area contributed by atoms with E-state index in [1.807, 2.05) is 23.3 Å². The first-order chi connectivity index (χ1) is 14.2. The van der Waals surface area contributed by atoms with E-state index in [2.05, 4.69) is 32.7 Å². The van der Waals surface area contributed by atoms with E-state index in [9.17, 15) is 4.79 Å². The molecular weight excluding hydrogens is 384 g/mol. The quantitative estimate of drug-likeness (QED) is 0.614. The minimum atomic E-state index is -0.0311. The number of piperazine rings is 1. The molecule has 1 aliphatic heterocycles. The van der Waals surface area contributed by atoms with E-state index >= 15 is 0 Å². The van der Waals surface area contributed by atoms with Crippen LogP contribution >= 0.6 is 11.3 Å². The summed E-state index contributed by atoms with van der Waals surface area (Å²) in [5, 5.41) is 5.86. The Labute approximate surface area is 176 Å². The van der Waals surface area contributed by atoms with Crippen molar-refractivity contribution in [3.05, 3.63) is 46.5 Å². The van der Waals surface area contributed by atoms with Crippen LogP contribution in [0.3, 0.4) is 0 Å². The number of aliphatic imine (C=N–C) groups is 1. The third-order valence-corrected chi connectivity index (χ3v) is 7.37. The highest BCUT2D eigenvalue weighted by Gasteiger charge is 2.35. The maximum atomic E-state index is 12.5. The molecule has 2 aromatic rings. The van der Waals surface area contributed by atoms with Gasteiger partial charge in [-0.25, -0.2) is 0 Å². The highest BCUT2D eigenvalue weighted by Crippen LogP contribution is 2.41. The van der Waals surface area contributed by atoms with Crippen LogP contribution in [-0.2, 0) is 5.41 Å². The summed E-state index contributed by atoms with van der Waals surface area (Å²) < 4.78 is 5.26. The Balaban J connectivity index is 1.35. The van der Waals surface area contributed by atoms with Gasteiger partial charge in [0.15, 0.2) is 11.7 Å². The zero-order valence-electron chi connectivity index (χ0n) is 17.1. The molecule has 156 valence electrons. The standard InChI is InChI=1S/C22H30N4O2S/c1-23-21(24-17-22(9-3-2-4-10-22)19-8-6-16-29-19)26-13-11-25(12-14-26)20(27)18-7-5-15-28-18/h5-8,15-16H,2-4,9-14,17H2,1H3,(H,23,24). The van der Waals surface area contributed by atoms with Crippen molar-refractivity contribution in [2.45, 2.75) is 37.5 Å². The molecule has 6 nitrogen and oxygen atoms in total. The lowest BCUT2D eigenvalue weighted by molar-refractivity contribution is 0.0657. The topological polar surface area (TPSA) is 61.1 Å². The van der Waals surface area contributed by atoms with Crippen molar-refractivity contribution in [1.82, 2.24) is 15.1 Å². The van der Waals surface area contributed by atoms with Gasteiger partial charge in [-0.05, 0) is 36.4 Å². The summed E-state index contributed by atoms with van der Waals surface area (Å²) in [4.78, 5) is 22.6. The molecule has 0 unspecified atom stereocenters. The molecule has 7 heteroatoms. The number of carbonyl (C=O) groups is 1. The van der Waals surface area contributed by atoms with Gasteiger partial charge in [-0.1, -0.05) is 25.3 Å². The van der Waals surface area contributed by atoms with Gasteiger partial charge in [-0.2, -0.15) is 0 Å². The summed E-state index contributed by atoms with van der Waals surface area (Å²) in [7, 11) is 1.85. The Morgan fingerprint density at radius 3 is 2.52 bits per heavy atom. The van der Waals surface area contributed by atoms with Crippen LogP contribution in [0.5, 0.6) is 0 Å². The molecule has 0 aromatic carbocycles. The Hall–Kier alpha value is -2.28. The van der Waals surface area contributed by atoms with Gasteiger partial charge in [0.05, 0.1) is 6.26 Å². The van der Waals surface area contributed by atoms with E-state index in [4.69, 9.17) is 4.42 Å². The highest BCUT2D eigenvalue weighted by molar-refractivity contribution is 7.10. The second kappa shape index (κ2) is 9.03. The zero-order chi connectivity index (χ0) is 20.1. The van der Waals surface area contributed by atoms with E-state index in [0.29, 0.717) is 18.8 Å². The van der Waals surface area contributed by atoms with Gasteiger partial charge in [-0.3, -0.25) is 9.79 Å². The number of hydrogen-bond donors (Lipinski definition) is 1. The van der Waals surface area contributed by atoms with Crippen LogP contribution in [0.1, 0.15) is 47.5 Å². The van der Waals surface area contributed by atoms with Crippen LogP contribution < -0.4 is 5.32 Å². The van der Waals surface area contributed by atoms with Gasteiger partial charge in [-0.15, -0.1) is 11.3 Å². The first kappa shape index (κ1) is 20.0. The highest BCUT2D eigenvalue weighted by atomic mass is 32.1. The molecule has 0 radical (unpaired) electrons. The molecule has 4 rings (SSSR count). The van der Waals surface area contributed by atoms with Gasteiger partial charge in [0.2, 0.25) is 0 Å². The fourth-order valence-corrected chi connectivity index (χ4v) is 5.56. The number of rotatable bonds is 4. The first-order valence-electron chi connectivity index (χ1n) is 10.5. The molecular formula is C22H30N4O2S. The number of hydrogen-bond acceptors (Lipinski definition) is 4. The van der Waals surface area contributed by atoms with E-state index in [-0.39, 0.29) is 11.3 Å². The van der Waals surface area contributed by atoms with Crippen LogP contribution in [0.4, 0.5) is 0 Å². The molecule has 2 aromatic heterocycles. The summed E-state index contributed by atoms with van der Waals surface area (Å²) in [6.45, 7) is 3.83. The zero-order valence-corrected chi connectivity index (χ0v) is 17.9. The summed E-state index contributed by atoms with van der Waals surface area (Å²) in [6.07, 6.45) is 7.96. The molecule has 0 atom stereocenters. The Bertz CT molecular complexity index is 802. The lowest BCUT2D eigenvalue weighted by Crippen LogP contribution is -2.55. The average Bonchev–Trinajstić information content (AvgIpc) is 3.49. The first-order valence-corrected chi connectivity index (χ1v) is 11.4. The number of guanidine groups is 1. The van der Waals surface area contributed by atoms with Crippen molar-refractivity contribution in [2.24, 2.45) is 4.99 Å². The second-order valence-electron chi connectivity index (χ2n) is 7.98. The molecule has 3 heterocycles. The van der Waals surface area contributed by atoms with Crippen LogP contribution in [0.2, 0.25) is 0 Å². The van der Waals surface area contributed by atoms with Crippen molar-refractivity contribution < 1.29 is 9.21 Å². The van der Waals surface area contributed by atoms with Gasteiger partial charge in [0, 0.05) is 50.1 Å². The van der Waals surface area contributed by atoms with Crippen molar-refractivity contribution in [1.29, 1.82) is 0 Å². The average molecular weight is 415 g/mol. The Kier molecular flexibility index (Phi) is 6.23. The number of thiophene rings is 1. The minimum absolute atomic E-state index is 0.0311. The molecule has 1 aliphatic carbocycles. The van der Waals surface area contributed by atoms with E-state index in [1.54, 1.807) is 18.4 Å². The molecule has 0 spiro atoms. The van der Waals surface area contributed by atoms with Crippen molar-refractivity contribution in [3.63, 3.8) is 0 Å². The number of nitrogens with one attached hydrogen (secondary N) is 1. The van der Waals surface area contributed by atoms with Gasteiger partial charge >= 0.3 is 0 Å². The number of nitrogens with zero attached hydrogens (tertiary/aromatic N) is 3. The number of amides is 1. The van der Waals surface area contributed by atoms with E-state index in [0.717, 1.165) is 25.6 Å². The van der Waals surface area contributed by atoms with Crippen LogP contribution in [0, 0.1) is 0 Å². The SMILES string of the molecule is CN=C(NCC1(c2cccs2)CCCCC1)N1CCN(C(=O)c2ccco2)CC1. The smallest absolute Gasteiger partial charge is 0.289 e. The maximum absolute atomic E-state index is 12.5. The van der Waals surface area contributed by atoms with Gasteiger partial charge < -0.3 is 19.5 Å². The van der Waals surface area contributed by atoms with E-state index < -0.39 is 0 Å². The summed E-state index contributed by atoms with van der Waals surface area (Å²) in [5.41, 5.74) is 0.222. The predicted molar refractivity (Wildman–Crippen MR) is 117 cm³/mol. The minimum Gasteiger partial charge on any atom is -0.459 e. The van der Waals surface area contributed by atoms with Crippen molar-refractivity contribution >= 4 is 23.2 Å². The molecule has 29 heavy (non-hydrogen) atoms. The fourth-order valence-electron chi connectivity index (χ4n) is 4.58. The van der Waals surface area contributed by atoms with Gasteiger partial charge in [0.1, 0.15) is 0 Å². The van der Waals surface area contributed by atoms with Crippen LogP contribution in [0.25, 0.3) is 0 Å². The molecule has 1 saturated carbocycles. The van der Waals surface area contributed by atoms with Crippen LogP contribution in [0.15, 0.2) is 45.3 Å². The number of carbonyl (C=O) groups excluding carboxylic acids is 1. The summed E-state index contributed by atoms with van der Waals surface area (Å²) in [6, 6.07) is 7.94. The molecule has 1 N–H and O–H groups in total. The lowest BCUT2D eigenvalue weighted by atomic mass is 9.73. The normalized spacial score (nSPS) is 20.0.